The van der Waals surface area contributed by atoms with E-state index in [1.165, 1.54) is 22.5 Å². The van der Waals surface area contributed by atoms with Gasteiger partial charge in [0.15, 0.2) is 0 Å². The van der Waals surface area contributed by atoms with Gasteiger partial charge in [-0.15, -0.1) is 0 Å². The van der Waals surface area contributed by atoms with Crippen LogP contribution in [0.2, 0.25) is 0 Å². The molecule has 0 aromatic heterocycles. The number of anilines is 2. The van der Waals surface area contributed by atoms with Gasteiger partial charge in [-0.25, -0.2) is 0 Å². The van der Waals surface area contributed by atoms with Crippen LogP contribution in [0, 0.1) is 0 Å². The molecule has 0 aliphatic carbocycles. The van der Waals surface area contributed by atoms with Crippen LogP contribution in [0.25, 0.3) is 11.1 Å². The molecule has 0 fully saturated rings. The van der Waals surface area contributed by atoms with Crippen molar-refractivity contribution in [3.8, 4) is 11.1 Å². The number of hydrogen-bond acceptors (Lipinski definition) is 4. The van der Waals surface area contributed by atoms with Crippen molar-refractivity contribution < 1.29 is 0 Å². The van der Waals surface area contributed by atoms with Gasteiger partial charge >= 0.3 is 0 Å². The molecule has 122 valence electrons. The third-order valence-electron chi connectivity index (χ3n) is 4.43. The van der Waals surface area contributed by atoms with Gasteiger partial charge in [0.05, 0.1) is 13.3 Å². The van der Waals surface area contributed by atoms with Crippen molar-refractivity contribution in [2.24, 2.45) is 0 Å². The van der Waals surface area contributed by atoms with Gasteiger partial charge in [-0.2, -0.15) is 0 Å². The van der Waals surface area contributed by atoms with Gasteiger partial charge < -0.3 is 19.6 Å². The van der Waals surface area contributed by atoms with E-state index in [1.54, 1.807) is 0 Å². The smallest absolute Gasteiger partial charge is 0.0938 e. The average molecular weight is 318 g/mol. The fraction of sp³-hybridized carbons (Fsp3) is 0.200. The second kappa shape index (κ2) is 5.96. The van der Waals surface area contributed by atoms with Crippen molar-refractivity contribution >= 4 is 11.4 Å². The van der Waals surface area contributed by atoms with Crippen molar-refractivity contribution in [3.63, 3.8) is 0 Å². The number of hydrogen-bond donors (Lipinski definition) is 0. The average Bonchev–Trinajstić information content (AvgIpc) is 3.24. The Morgan fingerprint density at radius 3 is 1.62 bits per heavy atom. The number of benzene rings is 2. The van der Waals surface area contributed by atoms with Gasteiger partial charge in [0, 0.05) is 50.3 Å². The van der Waals surface area contributed by atoms with Crippen molar-refractivity contribution in [2.75, 3.05) is 37.2 Å². The van der Waals surface area contributed by atoms with Crippen LogP contribution in [-0.2, 0) is 0 Å². The summed E-state index contributed by atoms with van der Waals surface area (Å²) in [5.41, 5.74) is 4.92. The molecule has 0 saturated heterocycles. The summed E-state index contributed by atoms with van der Waals surface area (Å²) in [7, 11) is 4.19. The lowest BCUT2D eigenvalue weighted by molar-refractivity contribution is 0.494. The Bertz CT molecular complexity index is 737. The lowest BCUT2D eigenvalue weighted by atomic mass is 10.0. The van der Waals surface area contributed by atoms with Crippen LogP contribution in [-0.4, -0.2) is 37.2 Å². The highest BCUT2D eigenvalue weighted by atomic mass is 15.3. The fourth-order valence-corrected chi connectivity index (χ4v) is 3.12. The van der Waals surface area contributed by atoms with Crippen LogP contribution in [0.5, 0.6) is 0 Å². The first kappa shape index (κ1) is 14.7. The topological polar surface area (TPSA) is 13.0 Å². The molecular formula is C20H22N4. The van der Waals surface area contributed by atoms with Gasteiger partial charge in [0.2, 0.25) is 0 Å². The van der Waals surface area contributed by atoms with Crippen molar-refractivity contribution in [1.82, 2.24) is 9.80 Å². The highest BCUT2D eigenvalue weighted by Crippen LogP contribution is 2.33. The summed E-state index contributed by atoms with van der Waals surface area (Å²) >= 11 is 0. The zero-order valence-corrected chi connectivity index (χ0v) is 14.1. The highest BCUT2D eigenvalue weighted by Gasteiger charge is 2.17. The Morgan fingerprint density at radius 1 is 0.625 bits per heavy atom. The van der Waals surface area contributed by atoms with E-state index in [2.05, 4.69) is 107 Å². The molecule has 0 amide bonds. The molecule has 0 radical (unpaired) electrons. The van der Waals surface area contributed by atoms with Gasteiger partial charge in [0.1, 0.15) is 0 Å². The van der Waals surface area contributed by atoms with Crippen molar-refractivity contribution in [3.05, 3.63) is 73.3 Å². The third kappa shape index (κ3) is 2.83. The summed E-state index contributed by atoms with van der Waals surface area (Å²) in [5, 5.41) is 0. The molecular weight excluding hydrogens is 296 g/mol. The van der Waals surface area contributed by atoms with Crippen molar-refractivity contribution in [1.29, 1.82) is 0 Å². The van der Waals surface area contributed by atoms with E-state index in [0.717, 1.165) is 13.3 Å². The Balaban J connectivity index is 1.76. The molecule has 0 unspecified atom stereocenters. The van der Waals surface area contributed by atoms with Crippen LogP contribution in [0.15, 0.2) is 73.3 Å². The first-order valence-electron chi connectivity index (χ1n) is 8.20. The second-order valence-electron chi connectivity index (χ2n) is 6.44. The van der Waals surface area contributed by atoms with Gasteiger partial charge in [-0.3, -0.25) is 0 Å². The molecule has 4 nitrogen and oxygen atoms in total. The fourth-order valence-electron chi connectivity index (χ4n) is 3.12. The van der Waals surface area contributed by atoms with E-state index in [9.17, 15) is 0 Å². The summed E-state index contributed by atoms with van der Waals surface area (Å²) < 4.78 is 0. The largest absolute Gasteiger partial charge is 0.361 e. The predicted octanol–water partition coefficient (Wildman–Crippen LogP) is 3.71. The molecule has 2 aromatic rings. The van der Waals surface area contributed by atoms with Crippen molar-refractivity contribution in [2.45, 2.75) is 0 Å². The number of nitrogens with zero attached hydrogens (tertiary/aromatic N) is 4. The molecule has 0 atom stereocenters. The quantitative estimate of drug-likeness (QED) is 0.855. The minimum absolute atomic E-state index is 0.882. The van der Waals surface area contributed by atoms with Crippen LogP contribution in [0.4, 0.5) is 11.4 Å². The summed E-state index contributed by atoms with van der Waals surface area (Å²) in [6.45, 7) is 1.76. The molecule has 4 heteroatoms. The molecule has 24 heavy (non-hydrogen) atoms. The molecule has 4 rings (SSSR count). The third-order valence-corrected chi connectivity index (χ3v) is 4.43. The Kier molecular flexibility index (Phi) is 3.65. The van der Waals surface area contributed by atoms with Crippen LogP contribution in [0.3, 0.4) is 0 Å². The molecule has 2 aliphatic heterocycles. The van der Waals surface area contributed by atoms with Gasteiger partial charge in [-0.1, -0.05) is 30.3 Å². The van der Waals surface area contributed by atoms with E-state index >= 15 is 0 Å². The van der Waals surface area contributed by atoms with E-state index < -0.39 is 0 Å². The normalized spacial score (nSPS) is 16.6. The van der Waals surface area contributed by atoms with E-state index in [-0.39, 0.29) is 0 Å². The predicted molar refractivity (Wildman–Crippen MR) is 100 cm³/mol. The minimum atomic E-state index is 0.882. The summed E-state index contributed by atoms with van der Waals surface area (Å²) in [4.78, 5) is 8.91. The first-order chi connectivity index (χ1) is 11.7. The Hall–Kier alpha value is -2.88. The molecule has 2 aliphatic rings. The van der Waals surface area contributed by atoms with E-state index in [4.69, 9.17) is 0 Å². The Labute approximate surface area is 143 Å². The summed E-state index contributed by atoms with van der Waals surface area (Å²) in [5.74, 6) is 0. The minimum Gasteiger partial charge on any atom is -0.361 e. The Morgan fingerprint density at radius 2 is 1.17 bits per heavy atom. The van der Waals surface area contributed by atoms with Crippen LogP contribution < -0.4 is 9.80 Å². The monoisotopic (exact) mass is 318 g/mol. The van der Waals surface area contributed by atoms with Crippen LogP contribution >= 0.6 is 0 Å². The standard InChI is InChI=1S/C20H22N4/c1-21-8-10-23(15-21)19-12-18(17-6-4-3-5-7-17)13-20(14-19)24-11-9-22(2)16-24/h3-14H,15-16H2,1-2H3. The lowest BCUT2D eigenvalue weighted by Crippen LogP contribution is -2.23. The van der Waals surface area contributed by atoms with Crippen LogP contribution in [0.1, 0.15) is 0 Å². The zero-order chi connectivity index (χ0) is 16.5. The maximum Gasteiger partial charge on any atom is 0.0938 e. The maximum atomic E-state index is 2.28. The molecule has 0 saturated carbocycles. The van der Waals surface area contributed by atoms with E-state index in [0.29, 0.717) is 0 Å². The molecule has 2 aromatic carbocycles. The summed E-state index contributed by atoms with van der Waals surface area (Å²) in [6, 6.07) is 17.4. The second-order valence-corrected chi connectivity index (χ2v) is 6.44. The lowest BCUT2D eigenvalue weighted by Gasteiger charge is -2.24. The molecule has 0 bridgehead atoms. The molecule has 0 N–H and O–H groups in total. The number of rotatable bonds is 3. The zero-order valence-electron chi connectivity index (χ0n) is 14.1. The molecule has 2 heterocycles. The first-order valence-corrected chi connectivity index (χ1v) is 8.20. The van der Waals surface area contributed by atoms with E-state index in [1.807, 2.05) is 0 Å². The summed E-state index contributed by atoms with van der Waals surface area (Å²) in [6.07, 6.45) is 8.50. The van der Waals surface area contributed by atoms with Gasteiger partial charge in [0.25, 0.3) is 0 Å². The SMILES string of the molecule is CN1C=CN(c2cc(-c3ccccc3)cc(N3C=CN(C)C3)c2)C1. The highest BCUT2D eigenvalue weighted by molar-refractivity contribution is 5.76. The maximum absolute atomic E-state index is 2.28. The molecule has 0 spiro atoms. The van der Waals surface area contributed by atoms with Gasteiger partial charge in [-0.05, 0) is 29.3 Å².